The minimum absolute atomic E-state index is 0.371. The molecular weight excluding hydrogens is 334 g/mol. The average Bonchev–Trinajstić information content (AvgIpc) is 2.65. The topological polar surface area (TPSA) is 58.4 Å². The van der Waals surface area contributed by atoms with Crippen LogP contribution in [0.5, 0.6) is 0 Å². The lowest BCUT2D eigenvalue weighted by Gasteiger charge is -2.27. The monoisotopic (exact) mass is 357 g/mol. The number of hydrogen-bond donors (Lipinski definition) is 1. The number of rotatable bonds is 5. The molecule has 0 aliphatic carbocycles. The van der Waals surface area contributed by atoms with E-state index in [-0.39, 0.29) is 6.04 Å². The summed E-state index contributed by atoms with van der Waals surface area (Å²) in [6.07, 6.45) is 4.82. The van der Waals surface area contributed by atoms with Gasteiger partial charge in [-0.05, 0) is 48.7 Å². The van der Waals surface area contributed by atoms with Gasteiger partial charge in [0.1, 0.15) is 6.04 Å². The van der Waals surface area contributed by atoms with Crippen molar-refractivity contribution in [3.63, 3.8) is 0 Å². The van der Waals surface area contributed by atoms with Crippen molar-refractivity contribution in [2.24, 2.45) is 0 Å². The highest BCUT2D eigenvalue weighted by Gasteiger charge is 2.29. The number of carbonyl (C=O) groups is 1. The molecule has 1 N–H and O–H groups in total. The standard InChI is InChI=1S/C15H24BrN3O2/c1-3-11-14(16)13(19(4-2)17-11)10-18-9-7-5-6-8-12(18)15(20)21/h12H,3-10H2,1-2H3,(H,20,21). The Morgan fingerprint density at radius 2 is 2.14 bits per heavy atom. The Morgan fingerprint density at radius 1 is 1.38 bits per heavy atom. The molecule has 0 radical (unpaired) electrons. The number of aliphatic carboxylic acids is 1. The molecule has 6 heteroatoms. The van der Waals surface area contributed by atoms with E-state index < -0.39 is 5.97 Å². The molecule has 0 spiro atoms. The Balaban J connectivity index is 2.25. The van der Waals surface area contributed by atoms with Crippen LogP contribution < -0.4 is 0 Å². The third-order valence-corrected chi connectivity index (χ3v) is 5.11. The smallest absolute Gasteiger partial charge is 0.320 e. The number of likely N-dealkylation sites (tertiary alicyclic amines) is 1. The lowest BCUT2D eigenvalue weighted by molar-refractivity contribution is -0.143. The van der Waals surface area contributed by atoms with Gasteiger partial charge in [0.15, 0.2) is 0 Å². The SMILES string of the molecule is CCc1nn(CC)c(CN2CCCCCC2C(=O)O)c1Br. The summed E-state index contributed by atoms with van der Waals surface area (Å²) in [5.74, 6) is -0.702. The van der Waals surface area contributed by atoms with E-state index in [0.717, 1.165) is 61.1 Å². The normalized spacial score (nSPS) is 20.4. The summed E-state index contributed by atoms with van der Waals surface area (Å²) in [5.41, 5.74) is 2.15. The molecule has 118 valence electrons. The van der Waals surface area contributed by atoms with Crippen molar-refractivity contribution >= 4 is 21.9 Å². The number of hydrogen-bond acceptors (Lipinski definition) is 3. The minimum atomic E-state index is -0.702. The summed E-state index contributed by atoms with van der Waals surface area (Å²) in [7, 11) is 0. The van der Waals surface area contributed by atoms with Crippen LogP contribution in [0.1, 0.15) is 50.9 Å². The van der Waals surface area contributed by atoms with Gasteiger partial charge in [0.2, 0.25) is 0 Å². The highest BCUT2D eigenvalue weighted by atomic mass is 79.9. The van der Waals surface area contributed by atoms with Gasteiger partial charge in [-0.1, -0.05) is 19.8 Å². The molecule has 1 fully saturated rings. The fourth-order valence-electron chi connectivity index (χ4n) is 3.00. The summed E-state index contributed by atoms with van der Waals surface area (Å²) in [6, 6.07) is -0.371. The number of aromatic nitrogens is 2. The molecule has 1 aliphatic rings. The molecule has 1 saturated heterocycles. The first kappa shape index (κ1) is 16.5. The quantitative estimate of drug-likeness (QED) is 0.879. The zero-order chi connectivity index (χ0) is 15.4. The maximum atomic E-state index is 11.5. The van der Waals surface area contributed by atoms with Gasteiger partial charge in [-0.15, -0.1) is 0 Å². The Labute approximate surface area is 134 Å². The Bertz CT molecular complexity index is 501. The maximum Gasteiger partial charge on any atom is 0.320 e. The summed E-state index contributed by atoms with van der Waals surface area (Å²) in [5, 5.41) is 14.1. The minimum Gasteiger partial charge on any atom is -0.480 e. The van der Waals surface area contributed by atoms with Gasteiger partial charge in [-0.2, -0.15) is 5.10 Å². The fourth-order valence-corrected chi connectivity index (χ4v) is 3.69. The van der Waals surface area contributed by atoms with Crippen molar-refractivity contribution < 1.29 is 9.90 Å². The van der Waals surface area contributed by atoms with Gasteiger partial charge >= 0.3 is 5.97 Å². The molecule has 0 aromatic carbocycles. The van der Waals surface area contributed by atoms with E-state index in [2.05, 4.69) is 39.8 Å². The van der Waals surface area contributed by atoms with Crippen LogP contribution in [0, 0.1) is 0 Å². The van der Waals surface area contributed by atoms with Gasteiger partial charge in [-0.3, -0.25) is 14.4 Å². The van der Waals surface area contributed by atoms with Gasteiger partial charge < -0.3 is 5.11 Å². The van der Waals surface area contributed by atoms with Crippen molar-refractivity contribution in [3.05, 3.63) is 15.9 Å². The number of carboxylic acids is 1. The lowest BCUT2D eigenvalue weighted by atomic mass is 10.1. The Hall–Kier alpha value is -0.880. The third kappa shape index (κ3) is 3.66. The predicted octanol–water partition coefficient (Wildman–Crippen LogP) is 3.06. The van der Waals surface area contributed by atoms with E-state index in [9.17, 15) is 9.90 Å². The molecule has 2 rings (SSSR count). The highest BCUT2D eigenvalue weighted by molar-refractivity contribution is 9.10. The lowest BCUT2D eigenvalue weighted by Crippen LogP contribution is -2.40. The van der Waals surface area contributed by atoms with Gasteiger partial charge in [0.25, 0.3) is 0 Å². The van der Waals surface area contributed by atoms with Gasteiger partial charge in [0, 0.05) is 13.1 Å². The summed E-state index contributed by atoms with van der Waals surface area (Å²) >= 11 is 3.65. The first-order valence-corrected chi connectivity index (χ1v) is 8.58. The second kappa shape index (κ2) is 7.40. The van der Waals surface area contributed by atoms with Gasteiger partial charge in [-0.25, -0.2) is 0 Å². The molecule has 21 heavy (non-hydrogen) atoms. The second-order valence-electron chi connectivity index (χ2n) is 5.55. The molecule has 1 unspecified atom stereocenters. The largest absolute Gasteiger partial charge is 0.480 e. The van der Waals surface area contributed by atoms with Crippen molar-refractivity contribution in [1.82, 2.24) is 14.7 Å². The summed E-state index contributed by atoms with van der Waals surface area (Å²) in [4.78, 5) is 13.6. The van der Waals surface area contributed by atoms with E-state index in [4.69, 9.17) is 0 Å². The molecule has 0 saturated carbocycles. The van der Waals surface area contributed by atoms with Crippen molar-refractivity contribution in [1.29, 1.82) is 0 Å². The van der Waals surface area contributed by atoms with Gasteiger partial charge in [0.05, 0.1) is 15.9 Å². The van der Waals surface area contributed by atoms with Crippen LogP contribution >= 0.6 is 15.9 Å². The Kier molecular flexibility index (Phi) is 5.81. The first-order valence-electron chi connectivity index (χ1n) is 7.79. The molecule has 1 aromatic heterocycles. The van der Waals surface area contributed by atoms with Crippen LogP contribution in [0.25, 0.3) is 0 Å². The van der Waals surface area contributed by atoms with Crippen molar-refractivity contribution in [2.75, 3.05) is 6.54 Å². The van der Waals surface area contributed by atoms with E-state index in [0.29, 0.717) is 6.54 Å². The Morgan fingerprint density at radius 3 is 2.76 bits per heavy atom. The van der Waals surface area contributed by atoms with Crippen molar-refractivity contribution in [2.45, 2.75) is 65.1 Å². The third-order valence-electron chi connectivity index (χ3n) is 4.20. The number of carboxylic acid groups (broad SMARTS) is 1. The highest BCUT2D eigenvalue weighted by Crippen LogP contribution is 2.26. The number of nitrogens with zero attached hydrogens (tertiary/aromatic N) is 3. The number of halogens is 1. The van der Waals surface area contributed by atoms with Crippen LogP contribution in [0.2, 0.25) is 0 Å². The molecule has 1 aromatic rings. The van der Waals surface area contributed by atoms with Crippen LogP contribution in [-0.4, -0.2) is 38.3 Å². The summed E-state index contributed by atoms with van der Waals surface area (Å²) < 4.78 is 3.03. The van der Waals surface area contributed by atoms with Crippen LogP contribution in [0.3, 0.4) is 0 Å². The zero-order valence-electron chi connectivity index (χ0n) is 12.8. The molecule has 5 nitrogen and oxygen atoms in total. The molecule has 2 heterocycles. The molecule has 0 amide bonds. The van der Waals surface area contributed by atoms with E-state index >= 15 is 0 Å². The summed E-state index contributed by atoms with van der Waals surface area (Å²) in [6.45, 7) is 6.46. The second-order valence-corrected chi connectivity index (χ2v) is 6.34. The van der Waals surface area contributed by atoms with Crippen molar-refractivity contribution in [3.8, 4) is 0 Å². The van der Waals surface area contributed by atoms with Crippen LogP contribution in [-0.2, 0) is 24.3 Å². The molecular formula is C15H24BrN3O2. The predicted molar refractivity (Wildman–Crippen MR) is 85.3 cm³/mol. The molecule has 1 atom stereocenters. The van der Waals surface area contributed by atoms with Crippen LogP contribution in [0.4, 0.5) is 0 Å². The van der Waals surface area contributed by atoms with E-state index in [1.807, 2.05) is 4.68 Å². The van der Waals surface area contributed by atoms with E-state index in [1.54, 1.807) is 0 Å². The van der Waals surface area contributed by atoms with E-state index in [1.165, 1.54) is 0 Å². The zero-order valence-corrected chi connectivity index (χ0v) is 14.4. The first-order chi connectivity index (χ1) is 10.1. The average molecular weight is 358 g/mol. The fraction of sp³-hybridized carbons (Fsp3) is 0.733. The molecule has 1 aliphatic heterocycles. The number of aryl methyl sites for hydroxylation is 2. The van der Waals surface area contributed by atoms with Crippen LogP contribution in [0.15, 0.2) is 4.47 Å². The molecule has 0 bridgehead atoms. The maximum absolute atomic E-state index is 11.5.